The molecule has 0 bridgehead atoms. The monoisotopic (exact) mass is 280 g/mol. The Morgan fingerprint density at radius 1 is 1.05 bits per heavy atom. The van der Waals surface area contributed by atoms with Gasteiger partial charge in [0.2, 0.25) is 5.95 Å². The van der Waals surface area contributed by atoms with E-state index in [2.05, 4.69) is 27.2 Å². The molecule has 112 valence electrons. The normalized spacial score (nSPS) is 15.3. The van der Waals surface area contributed by atoms with E-state index in [1.54, 1.807) is 0 Å². The zero-order valence-electron chi connectivity index (χ0n) is 12.4. The molecule has 1 aromatic rings. The highest BCUT2D eigenvalue weighted by molar-refractivity contribution is 5.27. The second-order valence-corrected chi connectivity index (χ2v) is 5.05. The van der Waals surface area contributed by atoms with Crippen molar-refractivity contribution in [3.8, 4) is 12.0 Å². The van der Waals surface area contributed by atoms with E-state index in [-0.39, 0.29) is 0 Å². The van der Waals surface area contributed by atoms with E-state index < -0.39 is 0 Å². The number of rotatable bonds is 8. The van der Waals surface area contributed by atoms with Crippen LogP contribution in [0, 0.1) is 5.92 Å². The van der Waals surface area contributed by atoms with Gasteiger partial charge in [-0.3, -0.25) is 0 Å². The molecule has 0 aliphatic heterocycles. The maximum absolute atomic E-state index is 5.72. The number of anilines is 1. The van der Waals surface area contributed by atoms with Gasteiger partial charge in [-0.25, -0.2) is 0 Å². The van der Waals surface area contributed by atoms with Crippen molar-refractivity contribution in [3.05, 3.63) is 0 Å². The van der Waals surface area contributed by atoms with Crippen LogP contribution in [0.2, 0.25) is 0 Å². The van der Waals surface area contributed by atoms with Crippen LogP contribution in [-0.2, 0) is 0 Å². The molecule has 0 atom stereocenters. The molecule has 0 amide bonds. The van der Waals surface area contributed by atoms with Crippen molar-refractivity contribution in [2.24, 2.45) is 5.92 Å². The number of hydrogen-bond donors (Lipinski definition) is 1. The van der Waals surface area contributed by atoms with E-state index in [4.69, 9.17) is 9.47 Å². The zero-order chi connectivity index (χ0) is 14.2. The molecule has 0 aromatic carbocycles. The third-order valence-electron chi connectivity index (χ3n) is 3.32. The summed E-state index contributed by atoms with van der Waals surface area (Å²) in [6, 6.07) is 0.677. The van der Waals surface area contributed by atoms with Gasteiger partial charge in [0.25, 0.3) is 0 Å². The van der Waals surface area contributed by atoms with Gasteiger partial charge in [0.15, 0.2) is 0 Å². The minimum atomic E-state index is 0.322. The number of aromatic nitrogens is 3. The SMILES string of the molecule is CCCNc1nc(OCC)nc(OCC2CCCC2)n1. The van der Waals surface area contributed by atoms with E-state index in [9.17, 15) is 0 Å². The summed E-state index contributed by atoms with van der Waals surface area (Å²) in [6.07, 6.45) is 6.10. The molecule has 0 saturated heterocycles. The average molecular weight is 280 g/mol. The Kier molecular flexibility index (Phi) is 5.83. The first-order valence-electron chi connectivity index (χ1n) is 7.57. The summed E-state index contributed by atoms with van der Waals surface area (Å²) in [4.78, 5) is 12.7. The van der Waals surface area contributed by atoms with Crippen molar-refractivity contribution in [2.45, 2.75) is 46.0 Å². The molecule has 1 aliphatic carbocycles. The lowest BCUT2D eigenvalue weighted by Gasteiger charge is -2.11. The van der Waals surface area contributed by atoms with Crippen LogP contribution in [0.3, 0.4) is 0 Å². The molecular formula is C14H24N4O2. The van der Waals surface area contributed by atoms with Gasteiger partial charge in [-0.05, 0) is 32.1 Å². The number of hydrogen-bond acceptors (Lipinski definition) is 6. The Labute approximate surface area is 120 Å². The maximum Gasteiger partial charge on any atom is 0.324 e. The van der Waals surface area contributed by atoms with Crippen LogP contribution in [0.4, 0.5) is 5.95 Å². The second-order valence-electron chi connectivity index (χ2n) is 5.05. The fraction of sp³-hybridized carbons (Fsp3) is 0.786. The first kappa shape index (κ1) is 14.8. The lowest BCUT2D eigenvalue weighted by molar-refractivity contribution is 0.226. The highest BCUT2D eigenvalue weighted by Crippen LogP contribution is 2.25. The van der Waals surface area contributed by atoms with Crippen molar-refractivity contribution in [1.29, 1.82) is 0 Å². The van der Waals surface area contributed by atoms with Crippen LogP contribution in [0.1, 0.15) is 46.0 Å². The predicted octanol–water partition coefficient (Wildman–Crippen LogP) is 2.66. The molecule has 0 unspecified atom stereocenters. The van der Waals surface area contributed by atoms with Gasteiger partial charge in [0, 0.05) is 6.54 Å². The Morgan fingerprint density at radius 3 is 2.40 bits per heavy atom. The fourth-order valence-corrected chi connectivity index (χ4v) is 2.28. The summed E-state index contributed by atoms with van der Waals surface area (Å²) < 4.78 is 11.1. The van der Waals surface area contributed by atoms with E-state index in [1.807, 2.05) is 6.92 Å². The molecule has 1 aliphatic rings. The van der Waals surface area contributed by atoms with Crippen molar-refractivity contribution in [1.82, 2.24) is 15.0 Å². The van der Waals surface area contributed by atoms with E-state index >= 15 is 0 Å². The summed E-state index contributed by atoms with van der Waals surface area (Å²) in [6.45, 7) is 6.02. The standard InChI is InChI=1S/C14H24N4O2/c1-3-9-15-12-16-13(19-4-2)18-14(17-12)20-10-11-7-5-6-8-11/h11H,3-10H2,1-2H3,(H,15,16,17,18). The predicted molar refractivity (Wildman–Crippen MR) is 77.2 cm³/mol. The molecule has 6 nitrogen and oxygen atoms in total. The molecular weight excluding hydrogens is 256 g/mol. The summed E-state index contributed by atoms with van der Waals surface area (Å²) in [5.41, 5.74) is 0. The van der Waals surface area contributed by atoms with Crippen LogP contribution in [0.15, 0.2) is 0 Å². The Bertz CT molecular complexity index is 408. The summed E-state index contributed by atoms with van der Waals surface area (Å²) in [7, 11) is 0. The number of ether oxygens (including phenoxy) is 2. The topological polar surface area (TPSA) is 69.2 Å². The molecule has 6 heteroatoms. The molecule has 1 N–H and O–H groups in total. The van der Waals surface area contributed by atoms with Crippen molar-refractivity contribution in [2.75, 3.05) is 25.1 Å². The van der Waals surface area contributed by atoms with Crippen LogP contribution in [-0.4, -0.2) is 34.7 Å². The highest BCUT2D eigenvalue weighted by Gasteiger charge is 2.17. The summed E-state index contributed by atoms with van der Waals surface area (Å²) >= 11 is 0. The van der Waals surface area contributed by atoms with Crippen molar-refractivity contribution >= 4 is 5.95 Å². The highest BCUT2D eigenvalue weighted by atomic mass is 16.5. The Hall–Kier alpha value is -1.59. The van der Waals surface area contributed by atoms with Gasteiger partial charge >= 0.3 is 12.0 Å². The molecule has 1 saturated carbocycles. The van der Waals surface area contributed by atoms with Gasteiger partial charge in [-0.2, -0.15) is 9.97 Å². The van der Waals surface area contributed by atoms with Crippen LogP contribution in [0.5, 0.6) is 12.0 Å². The molecule has 0 radical (unpaired) electrons. The van der Waals surface area contributed by atoms with Gasteiger partial charge < -0.3 is 14.8 Å². The second kappa shape index (κ2) is 7.87. The van der Waals surface area contributed by atoms with Gasteiger partial charge in [0.1, 0.15) is 0 Å². The van der Waals surface area contributed by atoms with E-state index in [0.29, 0.717) is 37.1 Å². The number of nitrogens with zero attached hydrogens (tertiary/aromatic N) is 3. The molecule has 1 heterocycles. The molecule has 1 fully saturated rings. The minimum absolute atomic E-state index is 0.322. The summed E-state index contributed by atoms with van der Waals surface area (Å²) in [5.74, 6) is 1.15. The van der Waals surface area contributed by atoms with E-state index in [0.717, 1.165) is 13.0 Å². The maximum atomic E-state index is 5.72. The van der Waals surface area contributed by atoms with Crippen molar-refractivity contribution in [3.63, 3.8) is 0 Å². The Balaban J connectivity index is 1.98. The van der Waals surface area contributed by atoms with Gasteiger partial charge in [-0.1, -0.05) is 19.8 Å². The minimum Gasteiger partial charge on any atom is -0.464 e. The Morgan fingerprint density at radius 2 is 1.75 bits per heavy atom. The number of nitrogens with one attached hydrogen (secondary N) is 1. The zero-order valence-corrected chi connectivity index (χ0v) is 12.4. The lowest BCUT2D eigenvalue weighted by atomic mass is 10.1. The fourth-order valence-electron chi connectivity index (χ4n) is 2.28. The average Bonchev–Trinajstić information content (AvgIpc) is 2.96. The van der Waals surface area contributed by atoms with Crippen molar-refractivity contribution < 1.29 is 9.47 Å². The van der Waals surface area contributed by atoms with Gasteiger partial charge in [0.05, 0.1) is 13.2 Å². The van der Waals surface area contributed by atoms with Gasteiger partial charge in [-0.15, -0.1) is 4.98 Å². The molecule has 1 aromatic heterocycles. The molecule has 2 rings (SSSR count). The summed E-state index contributed by atoms with van der Waals surface area (Å²) in [5, 5.41) is 3.14. The quantitative estimate of drug-likeness (QED) is 0.789. The first-order valence-corrected chi connectivity index (χ1v) is 7.57. The third kappa shape index (κ3) is 4.51. The van der Waals surface area contributed by atoms with Crippen LogP contribution < -0.4 is 14.8 Å². The first-order chi connectivity index (χ1) is 9.81. The largest absolute Gasteiger partial charge is 0.464 e. The van der Waals surface area contributed by atoms with Crippen LogP contribution >= 0.6 is 0 Å². The molecule has 20 heavy (non-hydrogen) atoms. The third-order valence-corrected chi connectivity index (χ3v) is 3.32. The van der Waals surface area contributed by atoms with Crippen LogP contribution in [0.25, 0.3) is 0 Å². The van der Waals surface area contributed by atoms with E-state index in [1.165, 1.54) is 25.7 Å². The lowest BCUT2D eigenvalue weighted by Crippen LogP contribution is -2.13. The smallest absolute Gasteiger partial charge is 0.324 e. The molecule has 0 spiro atoms.